The van der Waals surface area contributed by atoms with Crippen molar-refractivity contribution >= 4 is 11.4 Å². The Morgan fingerprint density at radius 1 is 0.318 bits per heavy atom. The fourth-order valence-electron chi connectivity index (χ4n) is 6.92. The third kappa shape index (κ3) is 4.33. The Morgan fingerprint density at radius 3 is 1.34 bits per heavy atom. The molecule has 0 spiro atoms. The quantitative estimate of drug-likeness (QED) is 0.213. The topological polar surface area (TPSA) is 12.0 Å². The van der Waals surface area contributed by atoms with E-state index in [0.29, 0.717) is 0 Å². The minimum absolute atomic E-state index is 0.401. The summed E-state index contributed by atoms with van der Waals surface area (Å²) in [5, 5.41) is 3.71. The van der Waals surface area contributed by atoms with Crippen LogP contribution in [0.5, 0.6) is 0 Å². The van der Waals surface area contributed by atoms with Crippen LogP contribution in [0.15, 0.2) is 182 Å². The van der Waals surface area contributed by atoms with Crippen molar-refractivity contribution < 1.29 is 0 Å². The maximum Gasteiger partial charge on any atom is 0.0714 e. The number of benzene rings is 7. The van der Waals surface area contributed by atoms with Gasteiger partial charge in [0.1, 0.15) is 0 Å². The van der Waals surface area contributed by atoms with Gasteiger partial charge in [0.15, 0.2) is 0 Å². The van der Waals surface area contributed by atoms with Crippen molar-refractivity contribution in [3.8, 4) is 33.4 Å². The Kier molecular flexibility index (Phi) is 6.43. The lowest BCUT2D eigenvalue weighted by Crippen LogP contribution is -2.28. The van der Waals surface area contributed by atoms with Gasteiger partial charge in [-0.2, -0.15) is 0 Å². The van der Waals surface area contributed by atoms with Crippen LogP contribution in [0.4, 0.5) is 11.4 Å². The lowest BCUT2D eigenvalue weighted by atomic mass is 9.67. The van der Waals surface area contributed by atoms with Gasteiger partial charge in [-0.3, -0.25) is 0 Å². The van der Waals surface area contributed by atoms with E-state index in [1.54, 1.807) is 0 Å². The maximum atomic E-state index is 3.71. The van der Waals surface area contributed by atoms with E-state index in [-0.39, 0.29) is 0 Å². The monoisotopic (exact) mass is 561 g/mol. The number of fused-ring (bicyclic) bond motifs is 3. The molecule has 1 aliphatic rings. The van der Waals surface area contributed by atoms with Crippen LogP contribution in [0, 0.1) is 0 Å². The average Bonchev–Trinajstić information content (AvgIpc) is 3.40. The normalized spacial score (nSPS) is 12.7. The minimum Gasteiger partial charge on any atom is -0.356 e. The summed E-state index contributed by atoms with van der Waals surface area (Å²) < 4.78 is 0. The van der Waals surface area contributed by atoms with Crippen LogP contribution in [0.25, 0.3) is 33.4 Å². The SMILES string of the molecule is c1ccc(-c2ccc(-c3ccc(Nc4ccc5c(c4)C(c4ccccc4)(c4ccccc4)c4ccccc4-5)cc3)cc2)cc1. The van der Waals surface area contributed by atoms with Gasteiger partial charge in [-0.25, -0.2) is 0 Å². The van der Waals surface area contributed by atoms with Crippen LogP contribution in [0.3, 0.4) is 0 Å². The van der Waals surface area contributed by atoms with Crippen LogP contribution in [0.2, 0.25) is 0 Å². The molecule has 0 aliphatic heterocycles. The van der Waals surface area contributed by atoms with E-state index in [9.17, 15) is 0 Å². The van der Waals surface area contributed by atoms with Crippen LogP contribution in [-0.4, -0.2) is 0 Å². The molecule has 0 heterocycles. The molecule has 1 heteroatoms. The van der Waals surface area contributed by atoms with Gasteiger partial charge in [-0.05, 0) is 79.9 Å². The maximum absolute atomic E-state index is 3.71. The Bertz CT molecular complexity index is 2000. The van der Waals surface area contributed by atoms with E-state index < -0.39 is 5.41 Å². The molecule has 8 rings (SSSR count). The van der Waals surface area contributed by atoms with Gasteiger partial charge in [-0.1, -0.05) is 158 Å². The summed E-state index contributed by atoms with van der Waals surface area (Å²) in [7, 11) is 0. The molecule has 0 saturated heterocycles. The molecule has 0 unspecified atom stereocenters. The third-order valence-corrected chi connectivity index (χ3v) is 8.96. The predicted octanol–water partition coefficient (Wildman–Crippen LogP) is 11.1. The molecular formula is C43H31N. The van der Waals surface area contributed by atoms with Crippen molar-refractivity contribution in [1.82, 2.24) is 0 Å². The highest BCUT2D eigenvalue weighted by Crippen LogP contribution is 2.56. The standard InChI is InChI=1S/C43H31N/c1-4-12-31(13-5-1)32-20-22-33(23-21-32)34-24-26-37(27-25-34)44-38-28-29-40-39-18-10-11-19-41(39)43(42(40)30-38,35-14-6-2-7-15-35)36-16-8-3-9-17-36/h1-30,44H. The van der Waals surface area contributed by atoms with Crippen molar-refractivity contribution in [3.63, 3.8) is 0 Å². The average molecular weight is 562 g/mol. The van der Waals surface area contributed by atoms with Crippen molar-refractivity contribution in [3.05, 3.63) is 204 Å². The molecule has 0 atom stereocenters. The zero-order chi connectivity index (χ0) is 29.3. The molecule has 0 saturated carbocycles. The van der Waals surface area contributed by atoms with E-state index in [2.05, 4.69) is 187 Å². The number of hydrogen-bond donors (Lipinski definition) is 1. The summed E-state index contributed by atoms with van der Waals surface area (Å²) in [6.45, 7) is 0. The molecule has 1 aliphatic carbocycles. The summed E-state index contributed by atoms with van der Waals surface area (Å²) in [5.41, 5.74) is 14.4. The van der Waals surface area contributed by atoms with Gasteiger partial charge < -0.3 is 5.32 Å². The molecular weight excluding hydrogens is 530 g/mol. The van der Waals surface area contributed by atoms with Crippen molar-refractivity contribution in [1.29, 1.82) is 0 Å². The van der Waals surface area contributed by atoms with E-state index in [1.807, 2.05) is 0 Å². The molecule has 0 radical (unpaired) electrons. The number of anilines is 2. The van der Waals surface area contributed by atoms with Gasteiger partial charge >= 0.3 is 0 Å². The molecule has 0 amide bonds. The van der Waals surface area contributed by atoms with Gasteiger partial charge in [-0.15, -0.1) is 0 Å². The van der Waals surface area contributed by atoms with E-state index in [0.717, 1.165) is 11.4 Å². The van der Waals surface area contributed by atoms with Crippen molar-refractivity contribution in [2.45, 2.75) is 5.41 Å². The van der Waals surface area contributed by atoms with Crippen LogP contribution >= 0.6 is 0 Å². The molecule has 0 fully saturated rings. The molecule has 0 aromatic heterocycles. The van der Waals surface area contributed by atoms with Crippen molar-refractivity contribution in [2.24, 2.45) is 0 Å². The Balaban J connectivity index is 1.15. The van der Waals surface area contributed by atoms with Crippen LogP contribution < -0.4 is 5.32 Å². The Hall–Kier alpha value is -5.66. The molecule has 44 heavy (non-hydrogen) atoms. The molecule has 208 valence electrons. The fourth-order valence-corrected chi connectivity index (χ4v) is 6.92. The summed E-state index contributed by atoms with van der Waals surface area (Å²) >= 11 is 0. The van der Waals surface area contributed by atoms with Crippen LogP contribution in [-0.2, 0) is 5.41 Å². The summed E-state index contributed by atoms with van der Waals surface area (Å²) in [6, 6.07) is 65.7. The Morgan fingerprint density at radius 2 is 0.750 bits per heavy atom. The predicted molar refractivity (Wildman–Crippen MR) is 184 cm³/mol. The lowest BCUT2D eigenvalue weighted by molar-refractivity contribution is 0.769. The van der Waals surface area contributed by atoms with E-state index in [4.69, 9.17) is 0 Å². The molecule has 7 aromatic carbocycles. The Labute approximate surface area is 259 Å². The summed E-state index contributed by atoms with van der Waals surface area (Å²) in [6.07, 6.45) is 0. The van der Waals surface area contributed by atoms with Crippen LogP contribution in [0.1, 0.15) is 22.3 Å². The molecule has 1 nitrogen and oxygen atoms in total. The van der Waals surface area contributed by atoms with Gasteiger partial charge in [0.05, 0.1) is 5.41 Å². The highest BCUT2D eigenvalue weighted by atomic mass is 14.9. The van der Waals surface area contributed by atoms with Gasteiger partial charge in [0, 0.05) is 11.4 Å². The summed E-state index contributed by atoms with van der Waals surface area (Å²) in [4.78, 5) is 0. The minimum atomic E-state index is -0.401. The first-order chi connectivity index (χ1) is 21.8. The first kappa shape index (κ1) is 26.0. The number of hydrogen-bond acceptors (Lipinski definition) is 1. The van der Waals surface area contributed by atoms with Gasteiger partial charge in [0.25, 0.3) is 0 Å². The third-order valence-electron chi connectivity index (χ3n) is 8.96. The highest BCUT2D eigenvalue weighted by molar-refractivity contribution is 5.88. The van der Waals surface area contributed by atoms with E-state index in [1.165, 1.54) is 55.6 Å². The summed E-state index contributed by atoms with van der Waals surface area (Å²) in [5.74, 6) is 0. The second-order valence-electron chi connectivity index (χ2n) is 11.4. The smallest absolute Gasteiger partial charge is 0.0714 e. The fraction of sp³-hybridized carbons (Fsp3) is 0.0233. The van der Waals surface area contributed by atoms with Crippen molar-refractivity contribution in [2.75, 3.05) is 5.32 Å². The second-order valence-corrected chi connectivity index (χ2v) is 11.4. The molecule has 1 N–H and O–H groups in total. The first-order valence-corrected chi connectivity index (χ1v) is 15.2. The number of rotatable bonds is 6. The zero-order valence-corrected chi connectivity index (χ0v) is 24.3. The number of nitrogens with one attached hydrogen (secondary N) is 1. The zero-order valence-electron chi connectivity index (χ0n) is 24.3. The highest BCUT2D eigenvalue weighted by Gasteiger charge is 2.45. The molecule has 0 bridgehead atoms. The largest absolute Gasteiger partial charge is 0.356 e. The first-order valence-electron chi connectivity index (χ1n) is 15.2. The lowest BCUT2D eigenvalue weighted by Gasteiger charge is -2.34. The van der Waals surface area contributed by atoms with E-state index >= 15 is 0 Å². The molecule has 7 aromatic rings. The second kappa shape index (κ2) is 10.9. The van der Waals surface area contributed by atoms with Gasteiger partial charge in [0.2, 0.25) is 0 Å².